The van der Waals surface area contributed by atoms with Gasteiger partial charge in [0.2, 0.25) is 0 Å². The van der Waals surface area contributed by atoms with Gasteiger partial charge >= 0.3 is 5.97 Å². The normalized spacial score (nSPS) is 15.5. The molecular weight excluding hydrogens is 342 g/mol. The second kappa shape index (κ2) is 7.50. The van der Waals surface area contributed by atoms with E-state index in [0.29, 0.717) is 22.7 Å². The average Bonchev–Trinajstić information content (AvgIpc) is 2.91. The molecule has 1 aliphatic rings. The van der Waals surface area contributed by atoms with Gasteiger partial charge in [0.1, 0.15) is 5.75 Å². The number of carbonyl (C=O) groups is 2. The molecule has 0 spiro atoms. The van der Waals surface area contributed by atoms with Crippen LogP contribution in [0.15, 0.2) is 65.4 Å². The molecule has 0 saturated carbocycles. The summed E-state index contributed by atoms with van der Waals surface area (Å²) in [5.74, 6) is -0.199. The quantitative estimate of drug-likeness (QED) is 0.611. The zero-order chi connectivity index (χ0) is 19.6. The number of allylic oxidation sites excluding steroid dienone is 1. The molecule has 1 amide bonds. The van der Waals surface area contributed by atoms with Crippen molar-refractivity contribution in [1.82, 2.24) is 0 Å². The van der Waals surface area contributed by atoms with Crippen LogP contribution in [-0.4, -0.2) is 26.1 Å². The maximum Gasteiger partial charge on any atom is 0.340 e. The summed E-state index contributed by atoms with van der Waals surface area (Å²) in [7, 11) is 2.87. The summed E-state index contributed by atoms with van der Waals surface area (Å²) in [6.45, 7) is 3.70. The lowest BCUT2D eigenvalue weighted by atomic mass is 10.0. The van der Waals surface area contributed by atoms with Gasteiger partial charge in [-0.25, -0.2) is 4.79 Å². The molecule has 0 atom stereocenters. The number of anilines is 1. The fourth-order valence-electron chi connectivity index (χ4n) is 3.20. The number of methoxy groups -OCH3 is 2. The van der Waals surface area contributed by atoms with E-state index in [1.54, 1.807) is 31.1 Å². The van der Waals surface area contributed by atoms with Crippen LogP contribution in [0.3, 0.4) is 0 Å². The van der Waals surface area contributed by atoms with Crippen molar-refractivity contribution in [3.8, 4) is 5.75 Å². The Bertz CT molecular complexity index is 972. The van der Waals surface area contributed by atoms with Crippen molar-refractivity contribution in [3.05, 3.63) is 76.5 Å². The number of rotatable bonds is 4. The summed E-state index contributed by atoms with van der Waals surface area (Å²) in [5.41, 5.74) is 3.53. The van der Waals surface area contributed by atoms with Crippen LogP contribution < -0.4 is 9.64 Å². The molecule has 2 aromatic rings. The zero-order valence-corrected chi connectivity index (χ0v) is 15.8. The Hall–Kier alpha value is -3.34. The number of para-hydroxylation sites is 1. The second-order valence-corrected chi connectivity index (χ2v) is 6.23. The molecule has 0 aliphatic carbocycles. The lowest BCUT2D eigenvalue weighted by Gasteiger charge is -2.18. The molecule has 3 rings (SSSR count). The minimum absolute atomic E-state index is 0.259. The van der Waals surface area contributed by atoms with Crippen molar-refractivity contribution < 1.29 is 19.1 Å². The average molecular weight is 363 g/mol. The first-order valence-corrected chi connectivity index (χ1v) is 8.53. The van der Waals surface area contributed by atoms with Crippen LogP contribution >= 0.6 is 0 Å². The van der Waals surface area contributed by atoms with Gasteiger partial charge in [0, 0.05) is 16.9 Å². The van der Waals surface area contributed by atoms with E-state index in [9.17, 15) is 9.59 Å². The number of amides is 1. The molecular formula is C22H21NO4. The summed E-state index contributed by atoms with van der Waals surface area (Å²) in [5, 5.41) is 0. The van der Waals surface area contributed by atoms with Crippen molar-refractivity contribution >= 4 is 23.6 Å². The molecule has 0 unspecified atom stereocenters. The molecule has 0 bridgehead atoms. The predicted molar refractivity (Wildman–Crippen MR) is 104 cm³/mol. The highest BCUT2D eigenvalue weighted by molar-refractivity contribution is 6.23. The van der Waals surface area contributed by atoms with Gasteiger partial charge in [-0.05, 0) is 43.7 Å². The first-order valence-electron chi connectivity index (χ1n) is 8.53. The zero-order valence-electron chi connectivity index (χ0n) is 15.8. The van der Waals surface area contributed by atoms with E-state index in [2.05, 4.69) is 0 Å². The fraction of sp³-hybridized carbons (Fsp3) is 0.182. The SMILES string of the molecule is COC(=O)C1=C(C)N(c2cccc(C)c2)C(=O)/C1=C\c1ccccc1OC. The van der Waals surface area contributed by atoms with Crippen molar-refractivity contribution in [3.63, 3.8) is 0 Å². The van der Waals surface area contributed by atoms with E-state index in [1.807, 2.05) is 49.4 Å². The van der Waals surface area contributed by atoms with Gasteiger partial charge < -0.3 is 9.47 Å². The van der Waals surface area contributed by atoms with Gasteiger partial charge in [0.05, 0.1) is 25.4 Å². The van der Waals surface area contributed by atoms with E-state index >= 15 is 0 Å². The molecule has 0 radical (unpaired) electrons. The highest BCUT2D eigenvalue weighted by Crippen LogP contribution is 2.36. The van der Waals surface area contributed by atoms with Crippen LogP contribution in [-0.2, 0) is 14.3 Å². The maximum atomic E-state index is 13.2. The summed E-state index contributed by atoms with van der Waals surface area (Å²) in [4.78, 5) is 27.2. The van der Waals surface area contributed by atoms with E-state index in [1.165, 1.54) is 7.11 Å². The maximum absolute atomic E-state index is 13.2. The van der Waals surface area contributed by atoms with Crippen molar-refractivity contribution in [2.45, 2.75) is 13.8 Å². The first kappa shape index (κ1) is 18.5. The van der Waals surface area contributed by atoms with Crippen LogP contribution in [0.4, 0.5) is 5.69 Å². The van der Waals surface area contributed by atoms with Crippen molar-refractivity contribution in [1.29, 1.82) is 0 Å². The molecule has 0 saturated heterocycles. The predicted octanol–water partition coefficient (Wildman–Crippen LogP) is 3.88. The monoisotopic (exact) mass is 363 g/mol. The Morgan fingerprint density at radius 2 is 1.78 bits per heavy atom. The van der Waals surface area contributed by atoms with Crippen LogP contribution in [0, 0.1) is 6.92 Å². The molecule has 5 nitrogen and oxygen atoms in total. The van der Waals surface area contributed by atoms with E-state index in [-0.39, 0.29) is 17.1 Å². The Labute approximate surface area is 158 Å². The number of nitrogens with zero attached hydrogens (tertiary/aromatic N) is 1. The topological polar surface area (TPSA) is 55.8 Å². The summed E-state index contributed by atoms with van der Waals surface area (Å²) < 4.78 is 10.3. The van der Waals surface area contributed by atoms with Crippen LogP contribution in [0.2, 0.25) is 0 Å². The Balaban J connectivity index is 2.17. The standard InChI is InChI=1S/C22H21NO4/c1-14-8-7-10-17(12-14)23-15(2)20(22(25)27-4)18(21(23)24)13-16-9-5-6-11-19(16)26-3/h5-13H,1-4H3/b18-13-. The highest BCUT2D eigenvalue weighted by atomic mass is 16.5. The van der Waals surface area contributed by atoms with Gasteiger partial charge in [0.25, 0.3) is 5.91 Å². The molecule has 5 heteroatoms. The molecule has 2 aromatic carbocycles. The summed E-state index contributed by atoms with van der Waals surface area (Å²) in [6, 6.07) is 14.9. The van der Waals surface area contributed by atoms with E-state index in [4.69, 9.17) is 9.47 Å². The third kappa shape index (κ3) is 3.36. The number of carbonyl (C=O) groups excluding carboxylic acids is 2. The highest BCUT2D eigenvalue weighted by Gasteiger charge is 2.38. The minimum Gasteiger partial charge on any atom is -0.496 e. The molecule has 0 fully saturated rings. The molecule has 1 heterocycles. The Morgan fingerprint density at radius 1 is 1.04 bits per heavy atom. The van der Waals surface area contributed by atoms with Gasteiger partial charge in [-0.2, -0.15) is 0 Å². The lowest BCUT2D eigenvalue weighted by molar-refractivity contribution is -0.136. The number of hydrogen-bond acceptors (Lipinski definition) is 4. The van der Waals surface area contributed by atoms with Gasteiger partial charge in [-0.3, -0.25) is 9.69 Å². The molecule has 1 aliphatic heterocycles. The van der Waals surface area contributed by atoms with Crippen LogP contribution in [0.5, 0.6) is 5.75 Å². The van der Waals surface area contributed by atoms with Gasteiger partial charge in [-0.15, -0.1) is 0 Å². The second-order valence-electron chi connectivity index (χ2n) is 6.23. The van der Waals surface area contributed by atoms with Crippen molar-refractivity contribution in [2.75, 3.05) is 19.1 Å². The number of benzene rings is 2. The molecule has 0 aromatic heterocycles. The fourth-order valence-corrected chi connectivity index (χ4v) is 3.20. The molecule has 0 N–H and O–H groups in total. The van der Waals surface area contributed by atoms with Crippen LogP contribution in [0.1, 0.15) is 18.1 Å². The number of hydrogen-bond donors (Lipinski definition) is 0. The summed E-state index contributed by atoms with van der Waals surface area (Å²) >= 11 is 0. The third-order valence-corrected chi connectivity index (χ3v) is 4.49. The third-order valence-electron chi connectivity index (χ3n) is 4.49. The lowest BCUT2D eigenvalue weighted by Crippen LogP contribution is -2.24. The van der Waals surface area contributed by atoms with Crippen molar-refractivity contribution in [2.24, 2.45) is 0 Å². The number of ether oxygens (including phenoxy) is 2. The van der Waals surface area contributed by atoms with E-state index < -0.39 is 5.97 Å². The first-order chi connectivity index (χ1) is 13.0. The number of esters is 1. The Morgan fingerprint density at radius 3 is 2.44 bits per heavy atom. The van der Waals surface area contributed by atoms with Crippen LogP contribution in [0.25, 0.3) is 6.08 Å². The smallest absolute Gasteiger partial charge is 0.340 e. The summed E-state index contributed by atoms with van der Waals surface area (Å²) in [6.07, 6.45) is 1.67. The largest absolute Gasteiger partial charge is 0.496 e. The molecule has 138 valence electrons. The number of aryl methyl sites for hydroxylation is 1. The minimum atomic E-state index is -0.544. The van der Waals surface area contributed by atoms with E-state index in [0.717, 1.165) is 5.56 Å². The van der Waals surface area contributed by atoms with Gasteiger partial charge in [-0.1, -0.05) is 30.3 Å². The van der Waals surface area contributed by atoms with Gasteiger partial charge in [0.15, 0.2) is 0 Å². The molecule has 27 heavy (non-hydrogen) atoms. The Kier molecular flexibility index (Phi) is 5.12.